The summed E-state index contributed by atoms with van der Waals surface area (Å²) in [4.78, 5) is 12.7. The first-order valence-electron chi connectivity index (χ1n) is 11.6. The molecule has 34 heavy (non-hydrogen) atoms. The Labute approximate surface area is 201 Å². The summed E-state index contributed by atoms with van der Waals surface area (Å²) in [5.74, 6) is 1.32. The molecule has 0 aliphatic carbocycles. The van der Waals surface area contributed by atoms with Crippen molar-refractivity contribution in [2.75, 3.05) is 18.5 Å². The second kappa shape index (κ2) is 12.3. The van der Waals surface area contributed by atoms with Crippen molar-refractivity contribution in [2.24, 2.45) is 0 Å². The summed E-state index contributed by atoms with van der Waals surface area (Å²) in [6.07, 6.45) is 2.75. The standard InChI is InChI=1S/C30H29NO3/c32-30(26-16-18-28(19-17-26)34-22-20-25-11-5-2-6-12-25)31-27-14-7-15-29(23-27)33-21-8-13-24-9-3-1-4-10-24/h1-7,9-12,14-19,23H,8,13,20-22H2,(H,31,32). The van der Waals surface area contributed by atoms with Crippen molar-refractivity contribution < 1.29 is 14.3 Å². The molecular weight excluding hydrogens is 422 g/mol. The maximum atomic E-state index is 12.7. The first-order chi connectivity index (χ1) is 16.8. The summed E-state index contributed by atoms with van der Waals surface area (Å²) >= 11 is 0. The quantitative estimate of drug-likeness (QED) is 0.262. The van der Waals surface area contributed by atoms with Gasteiger partial charge in [0, 0.05) is 23.7 Å². The summed E-state index contributed by atoms with van der Waals surface area (Å²) in [6.45, 7) is 1.21. The Hall–Kier alpha value is -4.05. The number of carbonyl (C=O) groups is 1. The lowest BCUT2D eigenvalue weighted by atomic mass is 10.1. The van der Waals surface area contributed by atoms with E-state index >= 15 is 0 Å². The van der Waals surface area contributed by atoms with E-state index in [1.54, 1.807) is 12.1 Å². The van der Waals surface area contributed by atoms with Crippen LogP contribution in [0.2, 0.25) is 0 Å². The maximum Gasteiger partial charge on any atom is 0.255 e. The highest BCUT2D eigenvalue weighted by molar-refractivity contribution is 6.04. The highest BCUT2D eigenvalue weighted by Gasteiger charge is 2.07. The van der Waals surface area contributed by atoms with Crippen LogP contribution >= 0.6 is 0 Å². The van der Waals surface area contributed by atoms with Crippen LogP contribution in [-0.2, 0) is 12.8 Å². The van der Waals surface area contributed by atoms with Gasteiger partial charge in [-0.3, -0.25) is 4.79 Å². The van der Waals surface area contributed by atoms with E-state index in [1.807, 2.05) is 60.7 Å². The monoisotopic (exact) mass is 451 g/mol. The molecule has 0 aliphatic rings. The van der Waals surface area contributed by atoms with Crippen LogP contribution in [0.1, 0.15) is 27.9 Å². The molecule has 172 valence electrons. The number of hydrogen-bond acceptors (Lipinski definition) is 3. The number of carbonyl (C=O) groups excluding carboxylic acids is 1. The Bertz CT molecular complexity index is 1160. The average Bonchev–Trinajstić information content (AvgIpc) is 2.88. The molecule has 0 spiro atoms. The molecule has 0 bridgehead atoms. The van der Waals surface area contributed by atoms with E-state index in [9.17, 15) is 4.79 Å². The molecular formula is C30H29NO3. The van der Waals surface area contributed by atoms with Gasteiger partial charge in [0.25, 0.3) is 5.91 Å². The fourth-order valence-electron chi connectivity index (χ4n) is 3.61. The van der Waals surface area contributed by atoms with Crippen LogP contribution < -0.4 is 14.8 Å². The predicted octanol–water partition coefficient (Wildman–Crippen LogP) is 6.57. The largest absolute Gasteiger partial charge is 0.494 e. The molecule has 0 aromatic heterocycles. The van der Waals surface area contributed by atoms with Crippen LogP contribution in [0.3, 0.4) is 0 Å². The lowest BCUT2D eigenvalue weighted by Crippen LogP contribution is -2.12. The van der Waals surface area contributed by atoms with Crippen molar-refractivity contribution >= 4 is 11.6 Å². The average molecular weight is 452 g/mol. The number of aryl methyl sites for hydroxylation is 1. The molecule has 0 radical (unpaired) electrons. The molecule has 0 atom stereocenters. The van der Waals surface area contributed by atoms with Crippen molar-refractivity contribution in [1.82, 2.24) is 0 Å². The maximum absolute atomic E-state index is 12.7. The van der Waals surface area contributed by atoms with E-state index in [1.165, 1.54) is 11.1 Å². The number of hydrogen-bond donors (Lipinski definition) is 1. The van der Waals surface area contributed by atoms with Gasteiger partial charge in [0.2, 0.25) is 0 Å². The van der Waals surface area contributed by atoms with Crippen molar-refractivity contribution in [2.45, 2.75) is 19.3 Å². The van der Waals surface area contributed by atoms with E-state index in [0.717, 1.165) is 30.8 Å². The minimum Gasteiger partial charge on any atom is -0.494 e. The van der Waals surface area contributed by atoms with E-state index in [0.29, 0.717) is 24.5 Å². The summed E-state index contributed by atoms with van der Waals surface area (Å²) in [6, 6.07) is 35.3. The highest BCUT2D eigenvalue weighted by Crippen LogP contribution is 2.20. The van der Waals surface area contributed by atoms with Crippen LogP contribution in [0, 0.1) is 0 Å². The molecule has 0 saturated carbocycles. The number of anilines is 1. The molecule has 0 saturated heterocycles. The normalized spacial score (nSPS) is 10.5. The summed E-state index contributed by atoms with van der Waals surface area (Å²) in [5.41, 5.74) is 3.82. The van der Waals surface area contributed by atoms with Gasteiger partial charge in [-0.25, -0.2) is 0 Å². The molecule has 0 fully saturated rings. The minimum absolute atomic E-state index is 0.169. The Kier molecular flexibility index (Phi) is 8.34. The van der Waals surface area contributed by atoms with Crippen molar-refractivity contribution in [1.29, 1.82) is 0 Å². The van der Waals surface area contributed by atoms with E-state index < -0.39 is 0 Å². The van der Waals surface area contributed by atoms with Gasteiger partial charge in [-0.1, -0.05) is 66.7 Å². The lowest BCUT2D eigenvalue weighted by Gasteiger charge is -2.10. The van der Waals surface area contributed by atoms with Gasteiger partial charge in [-0.2, -0.15) is 0 Å². The van der Waals surface area contributed by atoms with Crippen LogP contribution in [-0.4, -0.2) is 19.1 Å². The van der Waals surface area contributed by atoms with E-state index in [2.05, 4.69) is 41.7 Å². The molecule has 4 heteroatoms. The molecule has 1 amide bonds. The van der Waals surface area contributed by atoms with Gasteiger partial charge in [0.15, 0.2) is 0 Å². The predicted molar refractivity (Wildman–Crippen MR) is 137 cm³/mol. The first kappa shape index (κ1) is 23.1. The van der Waals surface area contributed by atoms with Gasteiger partial charge in [-0.05, 0) is 60.4 Å². The van der Waals surface area contributed by atoms with Gasteiger partial charge < -0.3 is 14.8 Å². The third-order valence-electron chi connectivity index (χ3n) is 5.43. The first-order valence-corrected chi connectivity index (χ1v) is 11.6. The van der Waals surface area contributed by atoms with Crippen LogP contribution in [0.25, 0.3) is 0 Å². The van der Waals surface area contributed by atoms with Crippen LogP contribution in [0.4, 0.5) is 5.69 Å². The minimum atomic E-state index is -0.169. The topological polar surface area (TPSA) is 47.6 Å². The number of nitrogens with one attached hydrogen (secondary N) is 1. The highest BCUT2D eigenvalue weighted by atomic mass is 16.5. The van der Waals surface area contributed by atoms with Crippen molar-refractivity contribution in [3.8, 4) is 11.5 Å². The fraction of sp³-hybridized carbons (Fsp3) is 0.167. The third-order valence-corrected chi connectivity index (χ3v) is 5.43. The smallest absolute Gasteiger partial charge is 0.255 e. The van der Waals surface area contributed by atoms with Gasteiger partial charge in [0.1, 0.15) is 11.5 Å². The molecule has 0 unspecified atom stereocenters. The Balaban J connectivity index is 1.22. The van der Waals surface area contributed by atoms with E-state index in [4.69, 9.17) is 9.47 Å². The molecule has 4 aromatic rings. The molecule has 4 rings (SSSR count). The molecule has 4 nitrogen and oxygen atoms in total. The van der Waals surface area contributed by atoms with Gasteiger partial charge >= 0.3 is 0 Å². The fourth-order valence-corrected chi connectivity index (χ4v) is 3.61. The number of benzene rings is 4. The van der Waals surface area contributed by atoms with Crippen molar-refractivity contribution in [3.05, 3.63) is 126 Å². The second-order valence-electron chi connectivity index (χ2n) is 8.03. The summed E-state index contributed by atoms with van der Waals surface area (Å²) in [5, 5.41) is 2.94. The van der Waals surface area contributed by atoms with Crippen LogP contribution in [0.5, 0.6) is 11.5 Å². The second-order valence-corrected chi connectivity index (χ2v) is 8.03. The van der Waals surface area contributed by atoms with Gasteiger partial charge in [0.05, 0.1) is 13.2 Å². The zero-order valence-electron chi connectivity index (χ0n) is 19.2. The molecule has 4 aromatic carbocycles. The van der Waals surface area contributed by atoms with E-state index in [-0.39, 0.29) is 5.91 Å². The molecule has 1 N–H and O–H groups in total. The van der Waals surface area contributed by atoms with Gasteiger partial charge in [-0.15, -0.1) is 0 Å². The molecule has 0 heterocycles. The Morgan fingerprint density at radius 3 is 1.97 bits per heavy atom. The Morgan fingerprint density at radius 1 is 0.618 bits per heavy atom. The van der Waals surface area contributed by atoms with Crippen molar-refractivity contribution in [3.63, 3.8) is 0 Å². The SMILES string of the molecule is O=C(Nc1cccc(OCCCc2ccccc2)c1)c1ccc(OCCc2ccccc2)cc1. The number of rotatable bonds is 11. The number of amides is 1. The lowest BCUT2D eigenvalue weighted by molar-refractivity contribution is 0.102. The summed E-state index contributed by atoms with van der Waals surface area (Å²) < 4.78 is 11.7. The molecule has 0 aliphatic heterocycles. The zero-order valence-corrected chi connectivity index (χ0v) is 19.2. The Morgan fingerprint density at radius 2 is 1.26 bits per heavy atom. The number of ether oxygens (including phenoxy) is 2. The third kappa shape index (κ3) is 7.24. The summed E-state index contributed by atoms with van der Waals surface area (Å²) in [7, 11) is 0. The zero-order chi connectivity index (χ0) is 23.4. The van der Waals surface area contributed by atoms with Crippen LogP contribution in [0.15, 0.2) is 109 Å².